The normalized spacial score (nSPS) is 19.4. The Morgan fingerprint density at radius 3 is 2.59 bits per heavy atom. The molecule has 1 aliphatic carbocycles. The Labute approximate surface area is 205 Å². The minimum absolute atomic E-state index is 0.158. The van der Waals surface area contributed by atoms with Gasteiger partial charge in [0, 0.05) is 64.2 Å². The second-order valence-electron chi connectivity index (χ2n) is 9.99. The van der Waals surface area contributed by atoms with Gasteiger partial charge in [0.1, 0.15) is 0 Å². The zero-order valence-corrected chi connectivity index (χ0v) is 21.0. The molecular formula is C24H46N10. The molecular weight excluding hydrogens is 428 g/mol. The van der Waals surface area contributed by atoms with Crippen molar-refractivity contribution in [2.75, 3.05) is 52.0 Å². The van der Waals surface area contributed by atoms with E-state index in [1.807, 2.05) is 10.8 Å². The second kappa shape index (κ2) is 13.4. The number of hydrogen-bond acceptors (Lipinski definition) is 5. The molecule has 192 valence electrons. The predicted molar refractivity (Wildman–Crippen MR) is 140 cm³/mol. The van der Waals surface area contributed by atoms with Crippen LogP contribution in [0.3, 0.4) is 0 Å². The number of imidazole rings is 1. The van der Waals surface area contributed by atoms with E-state index in [-0.39, 0.29) is 5.96 Å². The third kappa shape index (κ3) is 8.07. The average Bonchev–Trinajstić information content (AvgIpc) is 3.37. The summed E-state index contributed by atoms with van der Waals surface area (Å²) >= 11 is 0. The summed E-state index contributed by atoms with van der Waals surface area (Å²) in [5.41, 5.74) is 16.8. The van der Waals surface area contributed by atoms with Crippen molar-refractivity contribution >= 4 is 17.9 Å². The van der Waals surface area contributed by atoms with Crippen LogP contribution in [0.1, 0.15) is 57.8 Å². The molecule has 0 spiro atoms. The number of guanidine groups is 2. The van der Waals surface area contributed by atoms with Crippen LogP contribution in [0.15, 0.2) is 17.4 Å². The molecule has 2 heterocycles. The fourth-order valence-electron chi connectivity index (χ4n) is 5.30. The summed E-state index contributed by atoms with van der Waals surface area (Å²) in [4.78, 5) is 15.1. The van der Waals surface area contributed by atoms with E-state index in [9.17, 15) is 0 Å². The zero-order chi connectivity index (χ0) is 24.3. The lowest BCUT2D eigenvalue weighted by Gasteiger charge is -2.27. The highest BCUT2D eigenvalue weighted by Crippen LogP contribution is 2.28. The molecule has 0 radical (unpaired) electrons. The standard InChI is InChI=1S/C24H46N10/c1-31(15-17-32-14-12-30-23(32)27)16-18-33-19-21(10-5-11-29-22(25)26)34(24(33)28)13-6-9-20-7-3-2-4-8-20/h12,14,20-21,28H,2-11,13,15-19H2,1H3,(H2,27,30)(H4,25,26,29)/t21-/m0/s1. The van der Waals surface area contributed by atoms with E-state index in [1.54, 1.807) is 6.20 Å². The van der Waals surface area contributed by atoms with Crippen molar-refractivity contribution in [3.63, 3.8) is 0 Å². The van der Waals surface area contributed by atoms with Crippen LogP contribution in [0, 0.1) is 11.3 Å². The van der Waals surface area contributed by atoms with Crippen LogP contribution in [0.25, 0.3) is 0 Å². The maximum Gasteiger partial charge on any atom is 0.200 e. The number of nitrogens with one attached hydrogen (secondary N) is 1. The third-order valence-corrected chi connectivity index (χ3v) is 7.39. The highest BCUT2D eigenvalue weighted by molar-refractivity contribution is 5.79. The van der Waals surface area contributed by atoms with Crippen LogP contribution < -0.4 is 17.2 Å². The van der Waals surface area contributed by atoms with E-state index < -0.39 is 0 Å². The van der Waals surface area contributed by atoms with Gasteiger partial charge in [0.2, 0.25) is 0 Å². The molecule has 0 unspecified atom stereocenters. The molecule has 34 heavy (non-hydrogen) atoms. The molecule has 0 aromatic carbocycles. The van der Waals surface area contributed by atoms with Gasteiger partial charge in [-0.3, -0.25) is 10.4 Å². The Balaban J connectivity index is 1.47. The maximum absolute atomic E-state index is 8.89. The molecule has 1 saturated carbocycles. The van der Waals surface area contributed by atoms with E-state index in [0.29, 0.717) is 24.5 Å². The van der Waals surface area contributed by atoms with Crippen molar-refractivity contribution in [3.05, 3.63) is 12.4 Å². The topological polar surface area (TPSA) is 142 Å². The van der Waals surface area contributed by atoms with Gasteiger partial charge in [0.25, 0.3) is 0 Å². The molecule has 0 bridgehead atoms. The van der Waals surface area contributed by atoms with E-state index in [4.69, 9.17) is 22.6 Å². The SMILES string of the molecule is CN(CCN1C[C@H](CCCN=C(N)N)N(CCCC2CCCCC2)C1=N)CCn1ccnc1N. The molecule has 1 atom stereocenters. The predicted octanol–water partition coefficient (Wildman–Crippen LogP) is 1.73. The quantitative estimate of drug-likeness (QED) is 0.183. The lowest BCUT2D eigenvalue weighted by Crippen LogP contribution is -2.39. The number of aromatic nitrogens is 2. The molecule has 7 N–H and O–H groups in total. The van der Waals surface area contributed by atoms with Gasteiger partial charge in [0.15, 0.2) is 17.9 Å². The highest BCUT2D eigenvalue weighted by atomic mass is 15.4. The van der Waals surface area contributed by atoms with Gasteiger partial charge in [-0.2, -0.15) is 0 Å². The van der Waals surface area contributed by atoms with Gasteiger partial charge in [0.05, 0.1) is 0 Å². The molecule has 1 saturated heterocycles. The van der Waals surface area contributed by atoms with E-state index in [0.717, 1.165) is 58.0 Å². The number of anilines is 1. The second-order valence-corrected chi connectivity index (χ2v) is 9.99. The number of nitrogens with zero attached hydrogens (tertiary/aromatic N) is 6. The zero-order valence-electron chi connectivity index (χ0n) is 21.0. The molecule has 1 aromatic rings. The first-order valence-corrected chi connectivity index (χ1v) is 13.0. The van der Waals surface area contributed by atoms with Gasteiger partial charge in [-0.15, -0.1) is 0 Å². The number of rotatable bonds is 14. The maximum atomic E-state index is 8.89. The fraction of sp³-hybridized carbons (Fsp3) is 0.792. The first-order chi connectivity index (χ1) is 16.4. The molecule has 10 nitrogen and oxygen atoms in total. The minimum atomic E-state index is 0.158. The van der Waals surface area contributed by atoms with Crippen molar-refractivity contribution in [2.24, 2.45) is 22.4 Å². The van der Waals surface area contributed by atoms with Gasteiger partial charge in [-0.1, -0.05) is 32.1 Å². The number of hydrogen-bond donors (Lipinski definition) is 4. The number of aliphatic imine (C=N–C) groups is 1. The van der Waals surface area contributed by atoms with Crippen LogP contribution in [0.2, 0.25) is 0 Å². The monoisotopic (exact) mass is 474 g/mol. The number of nitrogens with two attached hydrogens (primary N) is 3. The molecule has 1 aliphatic heterocycles. The van der Waals surface area contributed by atoms with E-state index in [2.05, 4.69) is 31.7 Å². The van der Waals surface area contributed by atoms with E-state index in [1.165, 1.54) is 44.9 Å². The highest BCUT2D eigenvalue weighted by Gasteiger charge is 2.33. The smallest absolute Gasteiger partial charge is 0.200 e. The molecule has 10 heteroatoms. The van der Waals surface area contributed by atoms with Crippen LogP contribution in [-0.2, 0) is 6.54 Å². The van der Waals surface area contributed by atoms with Crippen LogP contribution in [0.5, 0.6) is 0 Å². The number of nitrogen functional groups attached to an aromatic ring is 1. The fourth-order valence-corrected chi connectivity index (χ4v) is 5.30. The van der Waals surface area contributed by atoms with Crippen LogP contribution in [0.4, 0.5) is 5.95 Å². The van der Waals surface area contributed by atoms with Crippen molar-refractivity contribution in [1.29, 1.82) is 5.41 Å². The first kappa shape index (κ1) is 26.1. The summed E-state index contributed by atoms with van der Waals surface area (Å²) in [5.74, 6) is 2.29. The summed E-state index contributed by atoms with van der Waals surface area (Å²) in [5, 5.41) is 8.89. The van der Waals surface area contributed by atoms with Crippen molar-refractivity contribution in [1.82, 2.24) is 24.3 Å². The van der Waals surface area contributed by atoms with Gasteiger partial charge >= 0.3 is 0 Å². The molecule has 0 amide bonds. The lowest BCUT2D eigenvalue weighted by atomic mass is 9.86. The summed E-state index contributed by atoms with van der Waals surface area (Å²) in [6.45, 7) is 6.03. The first-order valence-electron chi connectivity index (χ1n) is 13.0. The summed E-state index contributed by atoms with van der Waals surface area (Å²) in [6.07, 6.45) is 15.1. The van der Waals surface area contributed by atoms with Crippen LogP contribution in [-0.4, -0.2) is 88.5 Å². The summed E-state index contributed by atoms with van der Waals surface area (Å²) in [6, 6.07) is 0.365. The van der Waals surface area contributed by atoms with Crippen LogP contribution >= 0.6 is 0 Å². The Hall–Kier alpha value is -2.49. The Kier molecular flexibility index (Phi) is 10.3. The van der Waals surface area contributed by atoms with Crippen molar-refractivity contribution < 1.29 is 0 Å². The largest absolute Gasteiger partial charge is 0.370 e. The van der Waals surface area contributed by atoms with Gasteiger partial charge < -0.3 is 36.5 Å². The summed E-state index contributed by atoms with van der Waals surface area (Å²) < 4.78 is 1.97. The van der Waals surface area contributed by atoms with Crippen molar-refractivity contribution in [2.45, 2.75) is 70.4 Å². The number of likely N-dealkylation sites (N-methyl/N-ethyl adjacent to an activating group) is 1. The molecule has 3 rings (SSSR count). The lowest BCUT2D eigenvalue weighted by molar-refractivity contribution is 0.275. The molecule has 1 aromatic heterocycles. The Bertz CT molecular complexity index is 766. The molecule has 2 aliphatic rings. The Morgan fingerprint density at radius 1 is 1.12 bits per heavy atom. The average molecular weight is 475 g/mol. The minimum Gasteiger partial charge on any atom is -0.370 e. The summed E-state index contributed by atoms with van der Waals surface area (Å²) in [7, 11) is 2.13. The van der Waals surface area contributed by atoms with Crippen molar-refractivity contribution in [3.8, 4) is 0 Å². The van der Waals surface area contributed by atoms with E-state index >= 15 is 0 Å². The van der Waals surface area contributed by atoms with Gasteiger partial charge in [-0.25, -0.2) is 4.98 Å². The molecule has 2 fully saturated rings. The third-order valence-electron chi connectivity index (χ3n) is 7.39. The van der Waals surface area contributed by atoms with Gasteiger partial charge in [-0.05, 0) is 38.6 Å². The Morgan fingerprint density at radius 2 is 1.88 bits per heavy atom.